The van der Waals surface area contributed by atoms with Crippen LogP contribution in [0.4, 0.5) is 10.1 Å². The predicted molar refractivity (Wildman–Crippen MR) is 95.5 cm³/mol. The van der Waals surface area contributed by atoms with E-state index in [1.165, 1.54) is 6.07 Å². The highest BCUT2D eigenvalue weighted by Crippen LogP contribution is 2.24. The first-order chi connectivity index (χ1) is 11.6. The summed E-state index contributed by atoms with van der Waals surface area (Å²) in [5.41, 5.74) is 2.59. The van der Waals surface area contributed by atoms with Crippen molar-refractivity contribution in [2.45, 2.75) is 13.0 Å². The Balaban J connectivity index is 1.77. The Kier molecular flexibility index (Phi) is 4.99. The Hall–Kier alpha value is -2.56. The van der Waals surface area contributed by atoms with Crippen LogP contribution in [-0.2, 0) is 6.61 Å². The molecule has 126 valence electrons. The Morgan fingerprint density at radius 1 is 1.17 bits per heavy atom. The number of rotatable bonds is 5. The van der Waals surface area contributed by atoms with E-state index < -0.39 is 0 Å². The highest BCUT2D eigenvalue weighted by Gasteiger charge is 2.17. The van der Waals surface area contributed by atoms with Crippen LogP contribution in [-0.4, -0.2) is 33.0 Å². The molecular weight excluding hydrogens is 305 g/mol. The number of hydrogen-bond donors (Lipinski definition) is 1. The molecule has 0 fully saturated rings. The molecule has 0 spiro atoms. The maximum absolute atomic E-state index is 14.3. The van der Waals surface area contributed by atoms with Crippen molar-refractivity contribution < 1.29 is 9.13 Å². The molecule has 0 radical (unpaired) electrons. The van der Waals surface area contributed by atoms with Crippen LogP contribution in [0, 0.1) is 5.82 Å². The molecule has 4 nitrogen and oxygen atoms in total. The molecule has 0 unspecified atom stereocenters. The second-order valence-electron chi connectivity index (χ2n) is 5.97. The molecule has 2 aromatic rings. The summed E-state index contributed by atoms with van der Waals surface area (Å²) in [6.45, 7) is 1.90. The largest absolute Gasteiger partial charge is 0.488 e. The zero-order valence-corrected chi connectivity index (χ0v) is 14.1. The lowest BCUT2D eigenvalue weighted by Gasteiger charge is -2.18. The van der Waals surface area contributed by atoms with Crippen LogP contribution < -0.4 is 15.0 Å². The molecule has 0 bridgehead atoms. The molecule has 0 amide bonds. The van der Waals surface area contributed by atoms with Gasteiger partial charge in [0.05, 0.1) is 5.56 Å². The van der Waals surface area contributed by atoms with Crippen LogP contribution in [0.3, 0.4) is 0 Å². The van der Waals surface area contributed by atoms with Crippen LogP contribution in [0.5, 0.6) is 5.75 Å². The van der Waals surface area contributed by atoms with Crippen molar-refractivity contribution in [2.75, 3.05) is 32.1 Å². The third kappa shape index (κ3) is 3.67. The Bertz CT molecular complexity index is 726. The number of aliphatic imine (C=N–C) groups is 1. The Labute approximate surface area is 142 Å². The maximum atomic E-state index is 14.3. The third-order valence-electron chi connectivity index (χ3n) is 3.96. The minimum Gasteiger partial charge on any atom is -0.488 e. The molecule has 5 heteroatoms. The van der Waals surface area contributed by atoms with Gasteiger partial charge in [-0.25, -0.2) is 4.39 Å². The SMILES string of the molecule is CN(C)c1ccc(COc2cccc(F)c2C2=NCCCN2)cc1. The van der Waals surface area contributed by atoms with Gasteiger partial charge in [-0.3, -0.25) is 4.99 Å². The van der Waals surface area contributed by atoms with Crippen molar-refractivity contribution >= 4 is 11.5 Å². The summed E-state index contributed by atoms with van der Waals surface area (Å²) in [5.74, 6) is 0.778. The van der Waals surface area contributed by atoms with Crippen molar-refractivity contribution in [3.8, 4) is 5.75 Å². The first kappa shape index (κ1) is 16.3. The summed E-state index contributed by atoms with van der Waals surface area (Å²) >= 11 is 0. The minimum absolute atomic E-state index is 0.316. The molecular formula is C19H22FN3O. The molecule has 0 atom stereocenters. The molecule has 24 heavy (non-hydrogen) atoms. The van der Waals surface area contributed by atoms with Crippen molar-refractivity contribution in [1.82, 2.24) is 5.32 Å². The van der Waals surface area contributed by atoms with Gasteiger partial charge in [0, 0.05) is 32.9 Å². The zero-order chi connectivity index (χ0) is 16.9. The van der Waals surface area contributed by atoms with Gasteiger partial charge in [-0.15, -0.1) is 0 Å². The molecule has 1 aliphatic heterocycles. The lowest BCUT2D eigenvalue weighted by molar-refractivity contribution is 0.303. The number of benzene rings is 2. The molecule has 0 saturated carbocycles. The van der Waals surface area contributed by atoms with Gasteiger partial charge in [-0.05, 0) is 36.2 Å². The van der Waals surface area contributed by atoms with Gasteiger partial charge >= 0.3 is 0 Å². The van der Waals surface area contributed by atoms with Gasteiger partial charge in [0.1, 0.15) is 24.0 Å². The molecule has 1 heterocycles. The highest BCUT2D eigenvalue weighted by molar-refractivity contribution is 6.01. The first-order valence-electron chi connectivity index (χ1n) is 8.11. The summed E-state index contributed by atoms with van der Waals surface area (Å²) < 4.78 is 20.2. The van der Waals surface area contributed by atoms with Gasteiger partial charge in [-0.1, -0.05) is 18.2 Å². The summed E-state index contributed by atoms with van der Waals surface area (Å²) in [7, 11) is 4.00. The lowest BCUT2D eigenvalue weighted by atomic mass is 10.1. The molecule has 2 aromatic carbocycles. The monoisotopic (exact) mass is 327 g/mol. The van der Waals surface area contributed by atoms with Crippen LogP contribution in [0.2, 0.25) is 0 Å². The van der Waals surface area contributed by atoms with Gasteiger partial charge in [0.25, 0.3) is 0 Å². The van der Waals surface area contributed by atoms with Crippen LogP contribution in [0.1, 0.15) is 17.5 Å². The summed E-state index contributed by atoms with van der Waals surface area (Å²) in [5, 5.41) is 3.16. The van der Waals surface area contributed by atoms with Gasteiger partial charge in [0.2, 0.25) is 0 Å². The number of amidine groups is 1. The van der Waals surface area contributed by atoms with E-state index in [0.29, 0.717) is 30.3 Å². The molecule has 0 aliphatic carbocycles. The fraction of sp³-hybridized carbons (Fsp3) is 0.316. The average molecular weight is 327 g/mol. The van der Waals surface area contributed by atoms with E-state index in [1.54, 1.807) is 12.1 Å². The van der Waals surface area contributed by atoms with Gasteiger partial charge in [-0.2, -0.15) is 0 Å². The van der Waals surface area contributed by atoms with E-state index in [0.717, 1.165) is 24.2 Å². The zero-order valence-electron chi connectivity index (χ0n) is 14.1. The number of anilines is 1. The molecule has 1 N–H and O–H groups in total. The van der Waals surface area contributed by atoms with Gasteiger partial charge < -0.3 is 15.0 Å². The van der Waals surface area contributed by atoms with Gasteiger partial charge in [0.15, 0.2) is 0 Å². The Morgan fingerprint density at radius 2 is 1.96 bits per heavy atom. The minimum atomic E-state index is -0.316. The quantitative estimate of drug-likeness (QED) is 0.916. The summed E-state index contributed by atoms with van der Waals surface area (Å²) in [4.78, 5) is 6.43. The standard InChI is InChI=1S/C19H22FN3O/c1-23(2)15-9-7-14(8-10-15)13-24-17-6-3-5-16(20)18(17)19-21-11-4-12-22-19/h3,5-10H,4,11-13H2,1-2H3,(H,21,22). The number of nitrogens with zero attached hydrogens (tertiary/aromatic N) is 2. The lowest BCUT2D eigenvalue weighted by Crippen LogP contribution is -2.31. The second-order valence-corrected chi connectivity index (χ2v) is 5.97. The molecule has 0 saturated heterocycles. The summed E-state index contributed by atoms with van der Waals surface area (Å²) in [6.07, 6.45) is 0.965. The van der Waals surface area contributed by atoms with Crippen LogP contribution in [0.15, 0.2) is 47.5 Å². The fourth-order valence-corrected chi connectivity index (χ4v) is 2.61. The molecule has 3 rings (SSSR count). The van der Waals surface area contributed by atoms with E-state index in [-0.39, 0.29) is 5.82 Å². The average Bonchev–Trinajstić information content (AvgIpc) is 2.61. The van der Waals surface area contributed by atoms with Crippen LogP contribution in [0.25, 0.3) is 0 Å². The number of ether oxygens (including phenoxy) is 1. The predicted octanol–water partition coefficient (Wildman–Crippen LogP) is 3.21. The van der Waals surface area contributed by atoms with E-state index in [9.17, 15) is 4.39 Å². The number of hydrogen-bond acceptors (Lipinski definition) is 4. The third-order valence-corrected chi connectivity index (χ3v) is 3.96. The maximum Gasteiger partial charge on any atom is 0.137 e. The van der Waals surface area contributed by atoms with Crippen molar-refractivity contribution in [1.29, 1.82) is 0 Å². The van der Waals surface area contributed by atoms with E-state index in [4.69, 9.17) is 4.74 Å². The van der Waals surface area contributed by atoms with Crippen molar-refractivity contribution in [2.24, 2.45) is 4.99 Å². The number of halogens is 1. The van der Waals surface area contributed by atoms with Crippen molar-refractivity contribution in [3.05, 3.63) is 59.4 Å². The first-order valence-corrected chi connectivity index (χ1v) is 8.11. The molecule has 0 aromatic heterocycles. The Morgan fingerprint density at radius 3 is 2.62 bits per heavy atom. The smallest absolute Gasteiger partial charge is 0.137 e. The van der Waals surface area contributed by atoms with Crippen molar-refractivity contribution in [3.63, 3.8) is 0 Å². The van der Waals surface area contributed by atoms with E-state index in [2.05, 4.69) is 10.3 Å². The van der Waals surface area contributed by atoms with E-state index in [1.807, 2.05) is 43.3 Å². The molecule has 1 aliphatic rings. The topological polar surface area (TPSA) is 36.9 Å². The highest BCUT2D eigenvalue weighted by atomic mass is 19.1. The van der Waals surface area contributed by atoms with Crippen LogP contribution >= 0.6 is 0 Å². The number of nitrogens with one attached hydrogen (secondary N) is 1. The summed E-state index contributed by atoms with van der Waals surface area (Å²) in [6, 6.07) is 13.0. The second kappa shape index (κ2) is 7.34. The van der Waals surface area contributed by atoms with E-state index >= 15 is 0 Å². The fourth-order valence-electron chi connectivity index (χ4n) is 2.61. The normalized spacial score (nSPS) is 13.9.